The summed E-state index contributed by atoms with van der Waals surface area (Å²) in [4.78, 5) is 15.4. The van der Waals surface area contributed by atoms with Crippen molar-refractivity contribution in [1.29, 1.82) is 0 Å². The van der Waals surface area contributed by atoms with E-state index in [1.54, 1.807) is 0 Å². The highest BCUT2D eigenvalue weighted by atomic mass is 16.5. The molecule has 0 radical (unpaired) electrons. The van der Waals surface area contributed by atoms with E-state index in [9.17, 15) is 9.90 Å². The van der Waals surface area contributed by atoms with Crippen LogP contribution in [0.2, 0.25) is 0 Å². The first-order valence-corrected chi connectivity index (χ1v) is 12.2. The molecule has 0 atom stereocenters. The van der Waals surface area contributed by atoms with Gasteiger partial charge < -0.3 is 14.8 Å². The maximum Gasteiger partial charge on any atom is 0.352 e. The number of aromatic carboxylic acids is 1. The van der Waals surface area contributed by atoms with Crippen LogP contribution in [0.1, 0.15) is 22.5 Å². The molecule has 5 aromatic carbocycles. The third-order valence-electron chi connectivity index (χ3n) is 6.81. The first-order chi connectivity index (χ1) is 17.7. The molecule has 0 aliphatic heterocycles. The molecule has 0 unspecified atom stereocenters. The number of hydrogen-bond donors (Lipinski definition) is 2. The molecule has 0 amide bonds. The van der Waals surface area contributed by atoms with E-state index in [1.807, 2.05) is 54.6 Å². The molecule has 6 rings (SSSR count). The van der Waals surface area contributed by atoms with Crippen LogP contribution in [0.4, 0.5) is 0 Å². The van der Waals surface area contributed by atoms with E-state index in [4.69, 9.17) is 4.74 Å². The lowest BCUT2D eigenvalue weighted by atomic mass is 9.95. The van der Waals surface area contributed by atoms with Crippen LogP contribution in [0.3, 0.4) is 0 Å². The second kappa shape index (κ2) is 9.23. The number of aromatic amines is 1. The molecule has 1 aromatic heterocycles. The summed E-state index contributed by atoms with van der Waals surface area (Å²) in [6, 6.07) is 34.8. The topological polar surface area (TPSA) is 62.3 Å². The first kappa shape index (κ1) is 21.9. The number of hydrogen-bond acceptors (Lipinski definition) is 2. The van der Waals surface area contributed by atoms with Crippen molar-refractivity contribution in [2.24, 2.45) is 0 Å². The fraction of sp³-hybridized carbons (Fsp3) is 0.0938. The molecule has 0 saturated carbocycles. The Balaban J connectivity index is 1.32. The number of H-pyrrole nitrogens is 1. The van der Waals surface area contributed by atoms with Crippen LogP contribution in [-0.4, -0.2) is 22.7 Å². The molecule has 6 aromatic rings. The largest absolute Gasteiger partial charge is 0.493 e. The molecular formula is C32H25NO3. The summed E-state index contributed by atoms with van der Waals surface area (Å²) >= 11 is 0. The minimum absolute atomic E-state index is 0.253. The van der Waals surface area contributed by atoms with Crippen molar-refractivity contribution >= 4 is 38.4 Å². The smallest absolute Gasteiger partial charge is 0.352 e. The third kappa shape index (κ3) is 3.87. The summed E-state index contributed by atoms with van der Waals surface area (Å²) < 4.78 is 6.11. The van der Waals surface area contributed by atoms with E-state index < -0.39 is 5.97 Å². The Morgan fingerprint density at radius 3 is 2.11 bits per heavy atom. The number of benzene rings is 5. The molecule has 0 aliphatic rings. The molecule has 0 aliphatic carbocycles. The Morgan fingerprint density at radius 1 is 0.694 bits per heavy atom. The zero-order chi connectivity index (χ0) is 24.5. The molecule has 1 heterocycles. The van der Waals surface area contributed by atoms with Crippen LogP contribution in [0, 0.1) is 0 Å². The van der Waals surface area contributed by atoms with Gasteiger partial charge >= 0.3 is 5.97 Å². The Morgan fingerprint density at radius 2 is 1.31 bits per heavy atom. The van der Waals surface area contributed by atoms with Gasteiger partial charge in [-0.1, -0.05) is 97.1 Å². The van der Waals surface area contributed by atoms with Crippen molar-refractivity contribution in [2.45, 2.75) is 12.8 Å². The van der Waals surface area contributed by atoms with E-state index in [2.05, 4.69) is 53.5 Å². The van der Waals surface area contributed by atoms with Gasteiger partial charge in [-0.15, -0.1) is 0 Å². The van der Waals surface area contributed by atoms with E-state index in [1.165, 1.54) is 0 Å². The summed E-state index contributed by atoms with van der Waals surface area (Å²) in [6.45, 7) is 0.503. The van der Waals surface area contributed by atoms with Crippen molar-refractivity contribution in [3.63, 3.8) is 0 Å². The number of carbonyl (C=O) groups is 1. The summed E-state index contributed by atoms with van der Waals surface area (Å²) in [7, 11) is 0. The monoisotopic (exact) mass is 471 g/mol. The normalized spacial score (nSPS) is 11.3. The number of carboxylic acids is 1. The highest BCUT2D eigenvalue weighted by Crippen LogP contribution is 2.36. The minimum atomic E-state index is -0.944. The number of aryl methyl sites for hydroxylation is 1. The molecule has 0 fully saturated rings. The van der Waals surface area contributed by atoms with Gasteiger partial charge in [0.05, 0.1) is 12.1 Å². The molecule has 4 nitrogen and oxygen atoms in total. The predicted octanol–water partition coefficient (Wildman–Crippen LogP) is 7.85. The average molecular weight is 472 g/mol. The fourth-order valence-electron chi connectivity index (χ4n) is 5.15. The number of nitrogens with one attached hydrogen (secondary N) is 1. The predicted molar refractivity (Wildman–Crippen MR) is 146 cm³/mol. The molecule has 36 heavy (non-hydrogen) atoms. The fourth-order valence-corrected chi connectivity index (χ4v) is 5.15. The summed E-state index contributed by atoms with van der Waals surface area (Å²) in [6.07, 6.45) is 1.31. The molecule has 4 heteroatoms. The van der Waals surface area contributed by atoms with E-state index in [0.717, 1.165) is 54.9 Å². The van der Waals surface area contributed by atoms with Crippen molar-refractivity contribution in [3.8, 4) is 16.9 Å². The quantitative estimate of drug-likeness (QED) is 0.233. The third-order valence-corrected chi connectivity index (χ3v) is 6.81. The number of ether oxygens (including phenoxy) is 1. The second-order valence-electron chi connectivity index (χ2n) is 8.97. The lowest BCUT2D eigenvalue weighted by Crippen LogP contribution is -2.04. The summed E-state index contributed by atoms with van der Waals surface area (Å²) in [5, 5.41) is 15.5. The Kier molecular flexibility index (Phi) is 5.62. The van der Waals surface area contributed by atoms with Gasteiger partial charge in [-0.2, -0.15) is 0 Å². The number of rotatable bonds is 7. The molecular weight excluding hydrogens is 446 g/mol. The maximum atomic E-state index is 12.2. The standard InChI is InChI=1S/C32H25NO3/c34-32(35)31-28(18-8-20-36-29-19-6-12-22-10-2-4-14-24(22)29)27-17-7-16-26(30(27)33-31)25-15-5-11-21-9-1-3-13-23(21)25/h1-7,9-17,19,33H,8,18,20H2,(H,34,35). The highest BCUT2D eigenvalue weighted by Gasteiger charge is 2.19. The highest BCUT2D eigenvalue weighted by molar-refractivity contribution is 6.07. The van der Waals surface area contributed by atoms with Gasteiger partial charge in [-0.25, -0.2) is 4.79 Å². The Labute approximate surface area is 208 Å². The van der Waals surface area contributed by atoms with Crippen molar-refractivity contribution in [1.82, 2.24) is 4.98 Å². The lowest BCUT2D eigenvalue weighted by Gasteiger charge is -2.10. The summed E-state index contributed by atoms with van der Waals surface area (Å²) in [5.41, 5.74) is 4.02. The Bertz CT molecular complexity index is 1720. The van der Waals surface area contributed by atoms with Gasteiger partial charge in [0.25, 0.3) is 0 Å². The van der Waals surface area contributed by atoms with Gasteiger partial charge in [-0.05, 0) is 46.2 Å². The molecule has 2 N–H and O–H groups in total. The first-order valence-electron chi connectivity index (χ1n) is 12.2. The number of fused-ring (bicyclic) bond motifs is 3. The zero-order valence-electron chi connectivity index (χ0n) is 19.7. The van der Waals surface area contributed by atoms with Crippen LogP contribution in [-0.2, 0) is 6.42 Å². The molecule has 176 valence electrons. The van der Waals surface area contributed by atoms with Crippen molar-refractivity contribution in [2.75, 3.05) is 6.61 Å². The number of para-hydroxylation sites is 1. The minimum Gasteiger partial charge on any atom is -0.493 e. The second-order valence-corrected chi connectivity index (χ2v) is 8.97. The SMILES string of the molecule is O=C(O)c1[nH]c2c(-c3cccc4ccccc34)cccc2c1CCCOc1cccc2ccccc12. The van der Waals surface area contributed by atoms with Crippen LogP contribution < -0.4 is 4.74 Å². The van der Waals surface area contributed by atoms with E-state index >= 15 is 0 Å². The molecule has 0 saturated heterocycles. The van der Waals surface area contributed by atoms with Gasteiger partial charge in [0.2, 0.25) is 0 Å². The maximum absolute atomic E-state index is 12.2. The van der Waals surface area contributed by atoms with Gasteiger partial charge in [0.15, 0.2) is 0 Å². The van der Waals surface area contributed by atoms with E-state index in [-0.39, 0.29) is 5.69 Å². The van der Waals surface area contributed by atoms with Gasteiger partial charge in [0.1, 0.15) is 11.4 Å². The van der Waals surface area contributed by atoms with Crippen molar-refractivity contribution < 1.29 is 14.6 Å². The number of carboxylic acid groups (broad SMARTS) is 1. The van der Waals surface area contributed by atoms with Crippen molar-refractivity contribution in [3.05, 3.63) is 114 Å². The molecule has 0 spiro atoms. The van der Waals surface area contributed by atoms with Crippen LogP contribution >= 0.6 is 0 Å². The summed E-state index contributed by atoms with van der Waals surface area (Å²) in [5.74, 6) is -0.0937. The Hall–Kier alpha value is -4.57. The average Bonchev–Trinajstić information content (AvgIpc) is 3.30. The zero-order valence-corrected chi connectivity index (χ0v) is 19.7. The van der Waals surface area contributed by atoms with Crippen LogP contribution in [0.15, 0.2) is 103 Å². The van der Waals surface area contributed by atoms with E-state index in [0.29, 0.717) is 19.4 Å². The number of aromatic nitrogens is 1. The van der Waals surface area contributed by atoms with Crippen LogP contribution in [0.5, 0.6) is 5.75 Å². The lowest BCUT2D eigenvalue weighted by molar-refractivity contribution is 0.0690. The van der Waals surface area contributed by atoms with Gasteiger partial charge in [-0.3, -0.25) is 0 Å². The molecule has 0 bridgehead atoms. The van der Waals surface area contributed by atoms with Crippen LogP contribution in [0.25, 0.3) is 43.6 Å². The van der Waals surface area contributed by atoms with Gasteiger partial charge in [0, 0.05) is 16.3 Å².